The number of allylic oxidation sites excluding steroid dienone is 2. The van der Waals surface area contributed by atoms with Crippen molar-refractivity contribution in [2.75, 3.05) is 6.54 Å². The first-order valence-corrected chi connectivity index (χ1v) is 6.87. The van der Waals surface area contributed by atoms with E-state index >= 15 is 0 Å². The number of thioether (sulfide) groups is 1. The molecule has 3 heteroatoms. The maximum atomic E-state index is 4.83. The lowest BCUT2D eigenvalue weighted by molar-refractivity contribution is 0.503. The molecule has 3 rings (SSSR count). The van der Waals surface area contributed by atoms with E-state index in [0.717, 1.165) is 23.8 Å². The number of amidine groups is 1. The molecule has 0 unspecified atom stereocenters. The molecule has 0 spiro atoms. The van der Waals surface area contributed by atoms with E-state index in [-0.39, 0.29) is 0 Å². The first kappa shape index (κ1) is 10.9. The standard InChI is InChI=1S/C14H16N2S/c1-10-11(2)17-14-15-13-8-4-3-6-12(13)7-5-9-16(10)14/h3-4,6,8H,5,7,9H2,1-2H3. The molecule has 2 aliphatic heterocycles. The van der Waals surface area contributed by atoms with Crippen LogP contribution in [0.5, 0.6) is 0 Å². The number of benzene rings is 1. The zero-order chi connectivity index (χ0) is 11.8. The van der Waals surface area contributed by atoms with Crippen LogP contribution in [0.1, 0.15) is 25.8 Å². The van der Waals surface area contributed by atoms with E-state index in [4.69, 9.17) is 4.99 Å². The third-order valence-electron chi connectivity index (χ3n) is 3.43. The Hall–Kier alpha value is -1.22. The number of hydrogen-bond donors (Lipinski definition) is 0. The second-order valence-electron chi connectivity index (χ2n) is 4.52. The molecule has 0 N–H and O–H groups in total. The Balaban J connectivity index is 2.05. The largest absolute Gasteiger partial charge is 0.324 e. The normalized spacial score (nSPS) is 19.4. The molecule has 0 aromatic heterocycles. The predicted molar refractivity (Wildman–Crippen MR) is 74.5 cm³/mol. The van der Waals surface area contributed by atoms with Gasteiger partial charge in [-0.05, 0) is 38.3 Å². The zero-order valence-electron chi connectivity index (χ0n) is 10.2. The minimum Gasteiger partial charge on any atom is -0.324 e. The molecule has 1 aromatic carbocycles. The summed E-state index contributed by atoms with van der Waals surface area (Å²) in [5.41, 5.74) is 3.89. The van der Waals surface area contributed by atoms with Crippen molar-refractivity contribution in [2.24, 2.45) is 4.99 Å². The summed E-state index contributed by atoms with van der Waals surface area (Å²) in [5, 5.41) is 1.15. The maximum Gasteiger partial charge on any atom is 0.173 e. The molecule has 0 fully saturated rings. The number of hydrogen-bond acceptors (Lipinski definition) is 3. The van der Waals surface area contributed by atoms with Gasteiger partial charge >= 0.3 is 0 Å². The molecule has 0 aliphatic carbocycles. The quantitative estimate of drug-likeness (QED) is 0.687. The highest BCUT2D eigenvalue weighted by Gasteiger charge is 2.25. The zero-order valence-corrected chi connectivity index (χ0v) is 11.0. The van der Waals surface area contributed by atoms with Gasteiger partial charge in [-0.2, -0.15) is 0 Å². The van der Waals surface area contributed by atoms with Crippen LogP contribution in [-0.2, 0) is 6.42 Å². The molecule has 0 atom stereocenters. The van der Waals surface area contributed by atoms with Crippen molar-refractivity contribution >= 4 is 22.6 Å². The van der Waals surface area contributed by atoms with Crippen LogP contribution >= 0.6 is 11.8 Å². The Labute approximate surface area is 106 Å². The van der Waals surface area contributed by atoms with Crippen molar-refractivity contribution in [3.63, 3.8) is 0 Å². The topological polar surface area (TPSA) is 15.6 Å². The lowest BCUT2D eigenvalue weighted by Gasteiger charge is -2.22. The van der Waals surface area contributed by atoms with Crippen LogP contribution in [0.3, 0.4) is 0 Å². The summed E-state index contributed by atoms with van der Waals surface area (Å²) in [6.45, 7) is 5.46. The van der Waals surface area contributed by atoms with Crippen molar-refractivity contribution in [3.8, 4) is 0 Å². The molecule has 2 aliphatic rings. The molecule has 0 saturated carbocycles. The minimum atomic E-state index is 1.09. The third kappa shape index (κ3) is 1.89. The third-order valence-corrected chi connectivity index (χ3v) is 4.52. The molecule has 0 saturated heterocycles. The fraction of sp³-hybridized carbons (Fsp3) is 0.357. The van der Waals surface area contributed by atoms with Gasteiger partial charge in [0, 0.05) is 17.1 Å². The summed E-state index contributed by atoms with van der Waals surface area (Å²) in [6, 6.07) is 8.49. The van der Waals surface area contributed by atoms with Crippen molar-refractivity contribution in [3.05, 3.63) is 40.4 Å². The van der Waals surface area contributed by atoms with Crippen LogP contribution in [0.2, 0.25) is 0 Å². The van der Waals surface area contributed by atoms with Gasteiger partial charge in [0.05, 0.1) is 5.69 Å². The number of nitrogens with zero attached hydrogens (tertiary/aromatic N) is 2. The number of para-hydroxylation sites is 1. The predicted octanol–water partition coefficient (Wildman–Crippen LogP) is 3.92. The summed E-state index contributed by atoms with van der Waals surface area (Å²) in [6.07, 6.45) is 2.32. The van der Waals surface area contributed by atoms with Gasteiger partial charge < -0.3 is 4.90 Å². The highest BCUT2D eigenvalue weighted by Crippen LogP contribution is 2.37. The van der Waals surface area contributed by atoms with Crippen molar-refractivity contribution < 1.29 is 0 Å². The van der Waals surface area contributed by atoms with Crippen LogP contribution in [0, 0.1) is 0 Å². The smallest absolute Gasteiger partial charge is 0.173 e. The Morgan fingerprint density at radius 3 is 2.94 bits per heavy atom. The van der Waals surface area contributed by atoms with Crippen LogP contribution in [0.25, 0.3) is 0 Å². The van der Waals surface area contributed by atoms with Crippen LogP contribution < -0.4 is 0 Å². The van der Waals surface area contributed by atoms with Crippen LogP contribution in [-0.4, -0.2) is 16.6 Å². The fourth-order valence-electron chi connectivity index (χ4n) is 2.31. The van der Waals surface area contributed by atoms with Gasteiger partial charge in [-0.3, -0.25) is 0 Å². The van der Waals surface area contributed by atoms with Gasteiger partial charge in [0.25, 0.3) is 0 Å². The average molecular weight is 244 g/mol. The van der Waals surface area contributed by atoms with E-state index in [1.165, 1.54) is 22.6 Å². The molecule has 17 heavy (non-hydrogen) atoms. The van der Waals surface area contributed by atoms with E-state index in [0.29, 0.717) is 0 Å². The molecule has 88 valence electrons. The van der Waals surface area contributed by atoms with Crippen LogP contribution in [0.4, 0.5) is 5.69 Å². The summed E-state index contributed by atoms with van der Waals surface area (Å²) in [5.74, 6) is 0. The molecule has 1 aromatic rings. The first-order chi connectivity index (χ1) is 8.25. The van der Waals surface area contributed by atoms with E-state index in [9.17, 15) is 0 Å². The second-order valence-corrected chi connectivity index (χ2v) is 5.70. The lowest BCUT2D eigenvalue weighted by atomic mass is 10.1. The van der Waals surface area contributed by atoms with E-state index in [2.05, 4.69) is 43.0 Å². The lowest BCUT2D eigenvalue weighted by Crippen LogP contribution is -2.25. The first-order valence-electron chi connectivity index (χ1n) is 6.05. The summed E-state index contributed by atoms with van der Waals surface area (Å²) in [7, 11) is 0. The number of aryl methyl sites for hydroxylation is 1. The molecule has 0 amide bonds. The van der Waals surface area contributed by atoms with Gasteiger partial charge in [0.15, 0.2) is 5.17 Å². The average Bonchev–Trinajstić information content (AvgIpc) is 2.56. The van der Waals surface area contributed by atoms with Crippen molar-refractivity contribution in [1.82, 2.24) is 4.90 Å². The Kier molecular flexibility index (Phi) is 2.71. The van der Waals surface area contributed by atoms with Crippen molar-refractivity contribution in [1.29, 1.82) is 0 Å². The minimum absolute atomic E-state index is 1.09. The fourth-order valence-corrected chi connectivity index (χ4v) is 3.32. The van der Waals surface area contributed by atoms with Crippen molar-refractivity contribution in [2.45, 2.75) is 26.7 Å². The Morgan fingerprint density at radius 1 is 1.24 bits per heavy atom. The highest BCUT2D eigenvalue weighted by atomic mass is 32.2. The molecule has 0 radical (unpaired) electrons. The van der Waals surface area contributed by atoms with E-state index in [1.807, 2.05) is 0 Å². The second kappa shape index (κ2) is 4.22. The Bertz CT molecular complexity index is 517. The molecule has 0 bridgehead atoms. The summed E-state index contributed by atoms with van der Waals surface area (Å²) < 4.78 is 0. The molecule has 2 nitrogen and oxygen atoms in total. The number of rotatable bonds is 0. The van der Waals surface area contributed by atoms with Crippen LogP contribution in [0.15, 0.2) is 39.9 Å². The summed E-state index contributed by atoms with van der Waals surface area (Å²) >= 11 is 1.80. The van der Waals surface area contributed by atoms with Gasteiger partial charge in [-0.1, -0.05) is 30.0 Å². The molecular formula is C14H16N2S. The van der Waals surface area contributed by atoms with Gasteiger partial charge in [0.1, 0.15) is 0 Å². The van der Waals surface area contributed by atoms with E-state index < -0.39 is 0 Å². The van der Waals surface area contributed by atoms with E-state index in [1.54, 1.807) is 11.8 Å². The number of fused-ring (bicyclic) bond motifs is 2. The SMILES string of the molecule is CC1=C(C)N2CCCc3ccccc3N=C2S1. The van der Waals surface area contributed by atoms with Gasteiger partial charge in [-0.25, -0.2) is 4.99 Å². The maximum absolute atomic E-state index is 4.83. The highest BCUT2D eigenvalue weighted by molar-refractivity contribution is 8.17. The summed E-state index contributed by atoms with van der Waals surface area (Å²) in [4.78, 5) is 8.56. The number of aliphatic imine (C=N–C) groups is 1. The van der Waals surface area contributed by atoms with Gasteiger partial charge in [0.2, 0.25) is 0 Å². The Morgan fingerprint density at radius 2 is 2.06 bits per heavy atom. The van der Waals surface area contributed by atoms with Gasteiger partial charge in [-0.15, -0.1) is 0 Å². The molecule has 2 heterocycles. The molecular weight excluding hydrogens is 228 g/mol. The monoisotopic (exact) mass is 244 g/mol.